The summed E-state index contributed by atoms with van der Waals surface area (Å²) in [5, 5.41) is 9.41. The van der Waals surface area contributed by atoms with E-state index >= 15 is 0 Å². The van der Waals surface area contributed by atoms with E-state index in [1.807, 2.05) is 16.8 Å². The van der Waals surface area contributed by atoms with Crippen LogP contribution in [0.1, 0.15) is 35.4 Å². The summed E-state index contributed by atoms with van der Waals surface area (Å²) >= 11 is 12.3. The molecule has 3 rings (SSSR count). The number of benzene rings is 1. The Morgan fingerprint density at radius 3 is 2.76 bits per heavy atom. The van der Waals surface area contributed by atoms with Crippen molar-refractivity contribution in [3.05, 3.63) is 50.8 Å². The second-order valence-electron chi connectivity index (χ2n) is 5.68. The molecule has 0 amide bonds. The van der Waals surface area contributed by atoms with Crippen LogP contribution < -0.4 is 5.32 Å². The first-order chi connectivity index (χ1) is 10.1. The van der Waals surface area contributed by atoms with Crippen molar-refractivity contribution in [1.82, 2.24) is 15.1 Å². The maximum atomic E-state index is 6.27. The van der Waals surface area contributed by atoms with Gasteiger partial charge in [0.1, 0.15) is 0 Å². The molecular weight excluding hydrogens is 305 g/mol. The minimum Gasteiger partial charge on any atom is -0.310 e. The van der Waals surface area contributed by atoms with Crippen molar-refractivity contribution in [2.45, 2.75) is 45.8 Å². The highest BCUT2D eigenvalue weighted by Gasteiger charge is 2.21. The summed E-state index contributed by atoms with van der Waals surface area (Å²) in [7, 11) is 0. The molecule has 0 atom stereocenters. The monoisotopic (exact) mass is 323 g/mol. The molecule has 0 spiro atoms. The summed E-state index contributed by atoms with van der Waals surface area (Å²) in [6.45, 7) is 5.72. The largest absolute Gasteiger partial charge is 0.310 e. The molecule has 1 heterocycles. The molecule has 0 unspecified atom stereocenters. The number of halogens is 2. The number of hydrogen-bond donors (Lipinski definition) is 1. The van der Waals surface area contributed by atoms with E-state index in [1.165, 1.54) is 24.1 Å². The fourth-order valence-electron chi connectivity index (χ4n) is 2.51. The molecule has 2 aromatic rings. The van der Waals surface area contributed by atoms with E-state index in [1.54, 1.807) is 6.07 Å². The summed E-state index contributed by atoms with van der Waals surface area (Å²) in [4.78, 5) is 0. The van der Waals surface area contributed by atoms with Gasteiger partial charge in [-0.1, -0.05) is 35.3 Å². The predicted octanol–water partition coefficient (Wildman–Crippen LogP) is 4.11. The first kappa shape index (κ1) is 14.9. The Labute approximate surface area is 135 Å². The lowest BCUT2D eigenvalue weighted by Crippen LogP contribution is -2.16. The van der Waals surface area contributed by atoms with Gasteiger partial charge in [-0.2, -0.15) is 5.10 Å². The maximum Gasteiger partial charge on any atom is 0.0677 e. The van der Waals surface area contributed by atoms with Crippen LogP contribution in [0.3, 0.4) is 0 Å². The van der Waals surface area contributed by atoms with Gasteiger partial charge in [-0.05, 0) is 38.3 Å². The lowest BCUT2D eigenvalue weighted by Gasteiger charge is -2.09. The molecule has 5 heteroatoms. The Kier molecular flexibility index (Phi) is 4.25. The first-order valence-corrected chi connectivity index (χ1v) is 8.01. The highest BCUT2D eigenvalue weighted by atomic mass is 35.5. The molecule has 0 radical (unpaired) electrons. The standard InChI is InChI=1S/C16H19Cl2N3/c1-10-14(8-19-13-6-7-13)11(2)21(20-10)9-12-4-3-5-15(17)16(12)18/h3-5,13,19H,6-9H2,1-2H3. The minimum absolute atomic E-state index is 0.589. The van der Waals surface area contributed by atoms with E-state index in [4.69, 9.17) is 23.2 Å². The summed E-state index contributed by atoms with van der Waals surface area (Å²) in [6, 6.07) is 6.42. The first-order valence-electron chi connectivity index (χ1n) is 7.25. The summed E-state index contributed by atoms with van der Waals surface area (Å²) < 4.78 is 2.01. The van der Waals surface area contributed by atoms with Gasteiger partial charge in [-0.25, -0.2) is 0 Å². The molecule has 112 valence electrons. The SMILES string of the molecule is Cc1nn(Cc2cccc(Cl)c2Cl)c(C)c1CNC1CC1. The second kappa shape index (κ2) is 5.99. The van der Waals surface area contributed by atoms with E-state index < -0.39 is 0 Å². The van der Waals surface area contributed by atoms with E-state index in [0.29, 0.717) is 22.6 Å². The van der Waals surface area contributed by atoms with Crippen LogP contribution in [0.5, 0.6) is 0 Å². The molecule has 1 N–H and O–H groups in total. The van der Waals surface area contributed by atoms with Crippen molar-refractivity contribution >= 4 is 23.2 Å². The third-order valence-corrected chi connectivity index (χ3v) is 4.89. The quantitative estimate of drug-likeness (QED) is 0.897. The predicted molar refractivity (Wildman–Crippen MR) is 87.1 cm³/mol. The Hall–Kier alpha value is -1.03. The van der Waals surface area contributed by atoms with Crippen LogP contribution in [0, 0.1) is 13.8 Å². The molecule has 1 aromatic heterocycles. The zero-order valence-corrected chi connectivity index (χ0v) is 13.8. The fraction of sp³-hybridized carbons (Fsp3) is 0.438. The van der Waals surface area contributed by atoms with Crippen LogP contribution in [-0.4, -0.2) is 15.8 Å². The average molecular weight is 324 g/mol. The molecular formula is C16H19Cl2N3. The van der Waals surface area contributed by atoms with E-state index in [9.17, 15) is 0 Å². The number of nitrogens with one attached hydrogen (secondary N) is 1. The van der Waals surface area contributed by atoms with Gasteiger partial charge in [0.05, 0.1) is 22.3 Å². The molecule has 0 bridgehead atoms. The lowest BCUT2D eigenvalue weighted by molar-refractivity contribution is 0.652. The Balaban J connectivity index is 1.81. The number of aromatic nitrogens is 2. The Morgan fingerprint density at radius 2 is 2.05 bits per heavy atom. The Morgan fingerprint density at radius 1 is 1.29 bits per heavy atom. The molecule has 0 saturated heterocycles. The molecule has 3 nitrogen and oxygen atoms in total. The normalized spacial score (nSPS) is 14.7. The van der Waals surface area contributed by atoms with Crippen LogP contribution >= 0.6 is 23.2 Å². The number of hydrogen-bond acceptors (Lipinski definition) is 2. The van der Waals surface area contributed by atoms with Gasteiger partial charge in [-0.3, -0.25) is 4.68 Å². The van der Waals surface area contributed by atoms with Gasteiger partial charge in [-0.15, -0.1) is 0 Å². The zero-order valence-electron chi connectivity index (χ0n) is 12.3. The summed E-state index contributed by atoms with van der Waals surface area (Å²) in [5.74, 6) is 0. The maximum absolute atomic E-state index is 6.27. The van der Waals surface area contributed by atoms with Crippen LogP contribution in [0.25, 0.3) is 0 Å². The van der Waals surface area contributed by atoms with Crippen molar-refractivity contribution in [2.75, 3.05) is 0 Å². The third kappa shape index (κ3) is 3.25. The van der Waals surface area contributed by atoms with Crippen LogP contribution in [0.4, 0.5) is 0 Å². The van der Waals surface area contributed by atoms with Gasteiger partial charge >= 0.3 is 0 Å². The van der Waals surface area contributed by atoms with Gasteiger partial charge in [0.25, 0.3) is 0 Å². The van der Waals surface area contributed by atoms with Crippen LogP contribution in [0.15, 0.2) is 18.2 Å². The van der Waals surface area contributed by atoms with E-state index in [-0.39, 0.29) is 0 Å². The topological polar surface area (TPSA) is 29.9 Å². The molecule has 1 aromatic carbocycles. The highest BCUT2D eigenvalue weighted by Crippen LogP contribution is 2.27. The average Bonchev–Trinajstić information content (AvgIpc) is 3.23. The summed E-state index contributed by atoms with van der Waals surface area (Å²) in [6.07, 6.45) is 2.59. The second-order valence-corrected chi connectivity index (χ2v) is 6.46. The van der Waals surface area contributed by atoms with Crippen molar-refractivity contribution in [1.29, 1.82) is 0 Å². The van der Waals surface area contributed by atoms with Crippen molar-refractivity contribution < 1.29 is 0 Å². The number of rotatable bonds is 5. The van der Waals surface area contributed by atoms with Crippen molar-refractivity contribution in [2.24, 2.45) is 0 Å². The molecule has 0 aliphatic heterocycles. The fourth-order valence-corrected chi connectivity index (χ4v) is 2.89. The smallest absolute Gasteiger partial charge is 0.0677 e. The van der Waals surface area contributed by atoms with Crippen LogP contribution in [0.2, 0.25) is 10.0 Å². The molecule has 1 saturated carbocycles. The van der Waals surface area contributed by atoms with E-state index in [2.05, 4.69) is 24.3 Å². The van der Waals surface area contributed by atoms with Crippen molar-refractivity contribution in [3.63, 3.8) is 0 Å². The van der Waals surface area contributed by atoms with Gasteiger partial charge < -0.3 is 5.32 Å². The summed E-state index contributed by atoms with van der Waals surface area (Å²) in [5.41, 5.74) is 4.56. The van der Waals surface area contributed by atoms with Crippen molar-refractivity contribution in [3.8, 4) is 0 Å². The third-order valence-electron chi connectivity index (χ3n) is 4.03. The lowest BCUT2D eigenvalue weighted by atomic mass is 10.2. The minimum atomic E-state index is 0.589. The van der Waals surface area contributed by atoms with Crippen LogP contribution in [-0.2, 0) is 13.1 Å². The van der Waals surface area contributed by atoms with Gasteiger partial charge in [0, 0.05) is 23.8 Å². The highest BCUT2D eigenvalue weighted by molar-refractivity contribution is 6.42. The zero-order chi connectivity index (χ0) is 15.0. The number of nitrogens with zero attached hydrogens (tertiary/aromatic N) is 2. The van der Waals surface area contributed by atoms with Gasteiger partial charge in [0.15, 0.2) is 0 Å². The Bertz CT molecular complexity index is 660. The van der Waals surface area contributed by atoms with E-state index in [0.717, 1.165) is 17.8 Å². The molecule has 1 aliphatic rings. The number of aryl methyl sites for hydroxylation is 1. The molecule has 1 aliphatic carbocycles. The molecule has 21 heavy (non-hydrogen) atoms. The molecule has 1 fully saturated rings. The van der Waals surface area contributed by atoms with Gasteiger partial charge in [0.2, 0.25) is 0 Å².